The molecule has 0 atom stereocenters. The summed E-state index contributed by atoms with van der Waals surface area (Å²) >= 11 is 0. The molecule has 0 spiro atoms. The smallest absolute Gasteiger partial charge is 0.342 e. The van der Waals surface area contributed by atoms with E-state index in [1.165, 1.54) is 18.2 Å². The monoisotopic (exact) mass is 438 g/mol. The van der Waals surface area contributed by atoms with Crippen molar-refractivity contribution in [2.45, 2.75) is 5.92 Å². The molecule has 1 aliphatic rings. The quantitative estimate of drug-likeness (QED) is 0.229. The summed E-state index contributed by atoms with van der Waals surface area (Å²) in [6, 6.07) is 20.1. The number of fused-ring (bicyclic) bond motifs is 6. The fraction of sp³-hybridized carbons (Fsp3) is 0.0400. The number of anilines is 2. The lowest BCUT2D eigenvalue weighted by Crippen LogP contribution is -2.27. The molecule has 0 amide bonds. The van der Waals surface area contributed by atoms with Crippen LogP contribution in [0.4, 0.5) is 17.1 Å². The van der Waals surface area contributed by atoms with Crippen LogP contribution >= 0.6 is 0 Å². The summed E-state index contributed by atoms with van der Waals surface area (Å²) in [5.41, 5.74) is 1.18. The first-order chi connectivity index (χ1) is 16.0. The summed E-state index contributed by atoms with van der Waals surface area (Å²) in [6.45, 7) is 0. The van der Waals surface area contributed by atoms with E-state index in [0.29, 0.717) is 38.9 Å². The normalized spacial score (nSPS) is 12.8. The highest BCUT2D eigenvalue weighted by atomic mass is 16.6. The Morgan fingerprint density at radius 2 is 1.30 bits per heavy atom. The van der Waals surface area contributed by atoms with Crippen LogP contribution in [-0.4, -0.2) is 4.92 Å². The van der Waals surface area contributed by atoms with E-state index in [-0.39, 0.29) is 16.8 Å². The molecule has 3 aromatic carbocycles. The Kier molecular flexibility index (Phi) is 3.97. The molecule has 0 saturated heterocycles. The number of nitrogens with one attached hydrogen (secondary N) is 1. The van der Waals surface area contributed by atoms with Gasteiger partial charge in [0.1, 0.15) is 11.2 Å². The Morgan fingerprint density at radius 1 is 0.758 bits per heavy atom. The van der Waals surface area contributed by atoms with Gasteiger partial charge >= 0.3 is 11.3 Å². The Morgan fingerprint density at radius 3 is 1.85 bits per heavy atom. The zero-order valence-corrected chi connectivity index (χ0v) is 16.9. The lowest BCUT2D eigenvalue weighted by atomic mass is 9.81. The van der Waals surface area contributed by atoms with Gasteiger partial charge < -0.3 is 14.2 Å². The predicted molar refractivity (Wildman–Crippen MR) is 122 cm³/mol. The summed E-state index contributed by atoms with van der Waals surface area (Å²) in [5.74, 6) is -0.919. The van der Waals surface area contributed by atoms with Gasteiger partial charge in [-0.1, -0.05) is 36.4 Å². The van der Waals surface area contributed by atoms with E-state index in [0.717, 1.165) is 0 Å². The van der Waals surface area contributed by atoms with Crippen molar-refractivity contribution in [3.05, 3.63) is 120 Å². The molecule has 5 aromatic rings. The Hall–Kier alpha value is -4.72. The van der Waals surface area contributed by atoms with Crippen molar-refractivity contribution in [1.82, 2.24) is 0 Å². The van der Waals surface area contributed by atoms with Gasteiger partial charge in [-0.15, -0.1) is 0 Å². The van der Waals surface area contributed by atoms with Crippen molar-refractivity contribution >= 4 is 39.0 Å². The van der Waals surface area contributed by atoms with Crippen molar-refractivity contribution in [2.24, 2.45) is 0 Å². The lowest BCUT2D eigenvalue weighted by Gasteiger charge is -2.29. The fourth-order valence-corrected chi connectivity index (χ4v) is 4.54. The van der Waals surface area contributed by atoms with Gasteiger partial charge in [0.25, 0.3) is 5.69 Å². The van der Waals surface area contributed by atoms with Gasteiger partial charge in [0.2, 0.25) is 0 Å². The molecule has 0 bridgehead atoms. The second kappa shape index (κ2) is 6.89. The van der Waals surface area contributed by atoms with Crippen LogP contribution < -0.4 is 16.6 Å². The molecule has 6 rings (SSSR count). The molecule has 8 nitrogen and oxygen atoms in total. The first-order valence-electron chi connectivity index (χ1n) is 10.2. The molecule has 1 aliphatic heterocycles. The zero-order valence-electron chi connectivity index (χ0n) is 16.9. The van der Waals surface area contributed by atoms with Gasteiger partial charge in [-0.3, -0.25) is 10.1 Å². The van der Waals surface area contributed by atoms with E-state index in [1.807, 2.05) is 24.3 Å². The van der Waals surface area contributed by atoms with E-state index in [2.05, 4.69) is 5.32 Å². The largest absolute Gasteiger partial charge is 0.422 e. The molecule has 1 N–H and O–H groups in total. The minimum Gasteiger partial charge on any atom is -0.422 e. The molecule has 3 heterocycles. The van der Waals surface area contributed by atoms with Gasteiger partial charge in [-0.05, 0) is 29.8 Å². The Balaban J connectivity index is 1.78. The average molecular weight is 438 g/mol. The number of hydrogen-bond donors (Lipinski definition) is 1. The Bertz CT molecular complexity index is 1630. The maximum atomic E-state index is 13.2. The highest BCUT2D eigenvalue weighted by Gasteiger charge is 2.36. The second-order valence-electron chi connectivity index (χ2n) is 7.76. The number of benzene rings is 3. The highest BCUT2D eigenvalue weighted by molar-refractivity contribution is 6.02. The van der Waals surface area contributed by atoms with Crippen LogP contribution in [0.1, 0.15) is 22.6 Å². The highest BCUT2D eigenvalue weighted by Crippen LogP contribution is 2.47. The van der Waals surface area contributed by atoms with E-state index >= 15 is 0 Å². The van der Waals surface area contributed by atoms with Crippen molar-refractivity contribution in [1.29, 1.82) is 0 Å². The molecule has 0 fully saturated rings. The topological polar surface area (TPSA) is 116 Å². The first kappa shape index (κ1) is 19.0. The predicted octanol–water partition coefficient (Wildman–Crippen LogP) is 5.04. The lowest BCUT2D eigenvalue weighted by molar-refractivity contribution is -0.384. The third kappa shape index (κ3) is 2.77. The summed E-state index contributed by atoms with van der Waals surface area (Å²) in [5, 5.41) is 16.1. The van der Waals surface area contributed by atoms with Gasteiger partial charge in [-0.25, -0.2) is 9.59 Å². The minimum absolute atomic E-state index is 0.149. The van der Waals surface area contributed by atoms with Crippen LogP contribution in [0.15, 0.2) is 91.2 Å². The molecular weight excluding hydrogens is 424 g/mol. The third-order valence-corrected chi connectivity index (χ3v) is 5.94. The molecule has 0 radical (unpaired) electrons. The fourth-order valence-electron chi connectivity index (χ4n) is 4.54. The summed E-state index contributed by atoms with van der Waals surface area (Å²) in [7, 11) is 0. The van der Waals surface area contributed by atoms with Gasteiger partial charge in [0.05, 0.1) is 33.3 Å². The summed E-state index contributed by atoms with van der Waals surface area (Å²) < 4.78 is 11.1. The SMILES string of the molecule is O=c1oc2ccccc2c2c1C(c1cccc([N+](=O)[O-])c1)c1c(c3ccccc3oc1=O)N2. The number of non-ortho nitro benzene ring substituents is 1. The van der Waals surface area contributed by atoms with Crippen LogP contribution in [0.25, 0.3) is 21.9 Å². The average Bonchev–Trinajstić information content (AvgIpc) is 2.83. The van der Waals surface area contributed by atoms with Crippen LogP contribution in [0, 0.1) is 10.1 Å². The molecule has 0 aliphatic carbocycles. The number of rotatable bonds is 2. The molecule has 2 aromatic heterocycles. The molecule has 33 heavy (non-hydrogen) atoms. The standard InChI is InChI=1S/C25H14N2O6/c28-24-20-19(13-6-5-7-14(12-13)27(30)31)21-23(16-9-2-4-11-18(16)33-25(21)29)26-22(20)15-8-1-3-10-17(15)32-24/h1-12,19,26H. The maximum absolute atomic E-state index is 13.2. The Labute approximate surface area is 184 Å². The molecule has 0 saturated carbocycles. The maximum Gasteiger partial charge on any atom is 0.342 e. The van der Waals surface area contributed by atoms with Crippen LogP contribution in [-0.2, 0) is 0 Å². The van der Waals surface area contributed by atoms with Crippen molar-refractivity contribution in [3.8, 4) is 0 Å². The van der Waals surface area contributed by atoms with E-state index in [1.54, 1.807) is 30.3 Å². The van der Waals surface area contributed by atoms with E-state index < -0.39 is 22.1 Å². The molecule has 8 heteroatoms. The minimum atomic E-state index is -0.919. The van der Waals surface area contributed by atoms with Gasteiger partial charge in [0.15, 0.2) is 0 Å². The van der Waals surface area contributed by atoms with Crippen LogP contribution in [0.5, 0.6) is 0 Å². The number of para-hydroxylation sites is 2. The summed E-state index contributed by atoms with van der Waals surface area (Å²) in [6.07, 6.45) is 0. The van der Waals surface area contributed by atoms with Crippen molar-refractivity contribution in [3.63, 3.8) is 0 Å². The van der Waals surface area contributed by atoms with E-state index in [9.17, 15) is 19.7 Å². The zero-order chi connectivity index (χ0) is 22.7. The molecule has 0 unspecified atom stereocenters. The second-order valence-corrected chi connectivity index (χ2v) is 7.76. The van der Waals surface area contributed by atoms with Crippen molar-refractivity contribution in [2.75, 3.05) is 5.32 Å². The van der Waals surface area contributed by atoms with Gasteiger partial charge in [0, 0.05) is 22.9 Å². The van der Waals surface area contributed by atoms with Crippen LogP contribution in [0.3, 0.4) is 0 Å². The number of nitro benzene ring substituents is 1. The first-order valence-corrected chi connectivity index (χ1v) is 10.2. The molecular formula is C25H14N2O6. The third-order valence-electron chi connectivity index (χ3n) is 5.94. The van der Waals surface area contributed by atoms with E-state index in [4.69, 9.17) is 8.83 Å². The van der Waals surface area contributed by atoms with Crippen LogP contribution in [0.2, 0.25) is 0 Å². The number of nitro groups is 1. The van der Waals surface area contributed by atoms with Gasteiger partial charge in [-0.2, -0.15) is 0 Å². The number of nitrogens with zero attached hydrogens (tertiary/aromatic N) is 1. The number of hydrogen-bond acceptors (Lipinski definition) is 7. The van der Waals surface area contributed by atoms with Crippen molar-refractivity contribution < 1.29 is 13.8 Å². The summed E-state index contributed by atoms with van der Waals surface area (Å²) in [4.78, 5) is 37.3. The molecule has 160 valence electrons.